The minimum Gasteiger partial charge on any atom is -0.329 e. The predicted molar refractivity (Wildman–Crippen MR) is 156 cm³/mol. The van der Waals surface area contributed by atoms with Crippen LogP contribution >= 0.6 is 11.6 Å². The lowest BCUT2D eigenvalue weighted by molar-refractivity contribution is 0.0677. The molecule has 0 fully saturated rings. The zero-order valence-electron chi connectivity index (χ0n) is 22.9. The Morgan fingerprint density at radius 2 is 1.63 bits per heavy atom. The summed E-state index contributed by atoms with van der Waals surface area (Å²) in [4.78, 5) is 34.6. The maximum absolute atomic E-state index is 14.0. The van der Waals surface area contributed by atoms with Gasteiger partial charge in [0.25, 0.3) is 11.5 Å². The summed E-state index contributed by atoms with van der Waals surface area (Å²) in [6, 6.07) is 21.9. The first-order valence-corrected chi connectivity index (χ1v) is 13.7. The number of para-hydroxylation sites is 2. The Morgan fingerprint density at radius 1 is 0.974 bits per heavy atom. The lowest BCUT2D eigenvalue weighted by atomic mass is 9.86. The number of hydrogen-bond acceptors (Lipinski definition) is 3. The number of rotatable bonds is 8. The number of nitrogens with zero attached hydrogens (tertiary/aromatic N) is 3. The highest BCUT2D eigenvalue weighted by Crippen LogP contribution is 2.28. The minimum absolute atomic E-state index is 0.00425. The highest BCUT2D eigenvalue weighted by atomic mass is 35.5. The number of hydrogen-bond donors (Lipinski definition) is 0. The Kier molecular flexibility index (Phi) is 8.37. The zero-order chi connectivity index (χ0) is 27.4. The largest absolute Gasteiger partial charge is 0.329 e. The smallest absolute Gasteiger partial charge is 0.266 e. The second-order valence-corrected chi connectivity index (χ2v) is 11.2. The third-order valence-electron chi connectivity index (χ3n) is 7.00. The van der Waals surface area contributed by atoms with Gasteiger partial charge in [-0.1, -0.05) is 88.5 Å². The topological polar surface area (TPSA) is 55.2 Å². The van der Waals surface area contributed by atoms with E-state index in [2.05, 4.69) is 27.7 Å². The molecule has 0 aliphatic rings. The van der Waals surface area contributed by atoms with Crippen LogP contribution in [0.4, 0.5) is 0 Å². The van der Waals surface area contributed by atoms with Crippen LogP contribution in [0, 0.1) is 0 Å². The summed E-state index contributed by atoms with van der Waals surface area (Å²) in [6.07, 6.45) is 2.90. The monoisotopic (exact) mass is 529 g/mol. The molecule has 0 spiro atoms. The summed E-state index contributed by atoms with van der Waals surface area (Å²) < 4.78 is 1.57. The van der Waals surface area contributed by atoms with E-state index in [0.29, 0.717) is 39.5 Å². The van der Waals surface area contributed by atoms with Crippen molar-refractivity contribution in [3.63, 3.8) is 0 Å². The van der Waals surface area contributed by atoms with Crippen LogP contribution in [0.3, 0.4) is 0 Å². The number of unbranched alkanes of at least 4 members (excludes halogenated alkanes) is 2. The summed E-state index contributed by atoms with van der Waals surface area (Å²) in [5.74, 6) is 0.403. The number of benzene rings is 3. The average Bonchev–Trinajstić information content (AvgIpc) is 2.91. The van der Waals surface area contributed by atoms with Gasteiger partial charge in [0, 0.05) is 12.1 Å². The minimum atomic E-state index is -0.477. The van der Waals surface area contributed by atoms with E-state index >= 15 is 0 Å². The first-order chi connectivity index (χ1) is 18.1. The SMILES string of the molecule is CCCCCN(C(=O)c1ccc(C(C)(C)C)cc1)C(C)c1nc2ccccc2c(=O)n1-c1ccccc1Cl. The van der Waals surface area contributed by atoms with Crippen LogP contribution in [0.1, 0.15) is 81.7 Å². The van der Waals surface area contributed by atoms with Crippen molar-refractivity contribution >= 4 is 28.4 Å². The number of amides is 1. The molecule has 0 radical (unpaired) electrons. The Morgan fingerprint density at radius 3 is 2.29 bits per heavy atom. The van der Waals surface area contributed by atoms with Crippen molar-refractivity contribution in [1.82, 2.24) is 14.5 Å². The van der Waals surface area contributed by atoms with E-state index in [-0.39, 0.29) is 16.9 Å². The van der Waals surface area contributed by atoms with Crippen molar-refractivity contribution < 1.29 is 4.79 Å². The molecule has 1 atom stereocenters. The fraction of sp³-hybridized carbons (Fsp3) is 0.344. The second-order valence-electron chi connectivity index (χ2n) is 10.8. The van der Waals surface area contributed by atoms with Crippen molar-refractivity contribution in [1.29, 1.82) is 0 Å². The predicted octanol–water partition coefficient (Wildman–Crippen LogP) is 7.73. The van der Waals surface area contributed by atoms with E-state index in [0.717, 1.165) is 19.3 Å². The molecule has 0 bridgehead atoms. The Bertz CT molecular complexity index is 1490. The molecule has 198 valence electrons. The van der Waals surface area contributed by atoms with E-state index in [1.54, 1.807) is 16.7 Å². The third-order valence-corrected chi connectivity index (χ3v) is 7.32. The number of fused-ring (bicyclic) bond motifs is 1. The molecule has 6 heteroatoms. The fourth-order valence-corrected chi connectivity index (χ4v) is 4.94. The van der Waals surface area contributed by atoms with Crippen LogP contribution in [0.5, 0.6) is 0 Å². The van der Waals surface area contributed by atoms with Crippen molar-refractivity contribution in [2.24, 2.45) is 0 Å². The average molecular weight is 530 g/mol. The molecule has 0 saturated carbocycles. The van der Waals surface area contributed by atoms with Gasteiger partial charge < -0.3 is 4.90 Å². The molecule has 1 heterocycles. The van der Waals surface area contributed by atoms with Gasteiger partial charge in [-0.2, -0.15) is 0 Å². The molecular weight excluding hydrogens is 494 g/mol. The van der Waals surface area contributed by atoms with Crippen molar-refractivity contribution in [3.8, 4) is 5.69 Å². The van der Waals surface area contributed by atoms with Gasteiger partial charge in [0.2, 0.25) is 0 Å². The Hall–Kier alpha value is -3.44. The molecule has 1 unspecified atom stereocenters. The molecule has 4 rings (SSSR count). The maximum atomic E-state index is 14.0. The van der Waals surface area contributed by atoms with Crippen LogP contribution in [-0.4, -0.2) is 26.9 Å². The lowest BCUT2D eigenvalue weighted by Gasteiger charge is -2.31. The number of halogens is 1. The second kappa shape index (κ2) is 11.5. The van der Waals surface area contributed by atoms with Gasteiger partial charge in [-0.15, -0.1) is 0 Å². The quantitative estimate of drug-likeness (QED) is 0.219. The van der Waals surface area contributed by atoms with Crippen LogP contribution in [0.2, 0.25) is 5.02 Å². The summed E-state index contributed by atoms with van der Waals surface area (Å²) in [6.45, 7) is 11.1. The van der Waals surface area contributed by atoms with Crippen molar-refractivity contribution in [2.75, 3.05) is 6.54 Å². The molecule has 1 aromatic heterocycles. The summed E-state index contributed by atoms with van der Waals surface area (Å²) >= 11 is 6.58. The highest BCUT2D eigenvalue weighted by Gasteiger charge is 2.28. The van der Waals surface area contributed by atoms with Gasteiger partial charge in [0.05, 0.1) is 27.7 Å². The molecule has 3 aromatic carbocycles. The van der Waals surface area contributed by atoms with Crippen LogP contribution in [0.15, 0.2) is 77.6 Å². The summed E-state index contributed by atoms with van der Waals surface area (Å²) in [5.41, 5.74) is 2.72. The highest BCUT2D eigenvalue weighted by molar-refractivity contribution is 6.32. The van der Waals surface area contributed by atoms with Gasteiger partial charge >= 0.3 is 0 Å². The molecule has 0 aliphatic heterocycles. The zero-order valence-corrected chi connectivity index (χ0v) is 23.6. The van der Waals surface area contributed by atoms with Crippen LogP contribution in [0.25, 0.3) is 16.6 Å². The third kappa shape index (κ3) is 5.68. The summed E-state index contributed by atoms with van der Waals surface area (Å²) in [7, 11) is 0. The molecule has 0 saturated heterocycles. The molecule has 4 aromatic rings. The Balaban J connectivity index is 1.85. The Labute approximate surface area is 230 Å². The summed E-state index contributed by atoms with van der Waals surface area (Å²) in [5, 5.41) is 0.951. The fourth-order valence-electron chi connectivity index (χ4n) is 4.72. The van der Waals surface area contributed by atoms with Gasteiger partial charge in [-0.3, -0.25) is 14.2 Å². The maximum Gasteiger partial charge on any atom is 0.266 e. The first-order valence-electron chi connectivity index (χ1n) is 13.3. The molecule has 0 aliphatic carbocycles. The molecular formula is C32H36ClN3O2. The van der Waals surface area contributed by atoms with Crippen LogP contribution < -0.4 is 5.56 Å². The van der Waals surface area contributed by atoms with Gasteiger partial charge in [-0.05, 0) is 60.7 Å². The normalized spacial score (nSPS) is 12.5. The molecule has 0 N–H and O–H groups in total. The number of carbonyl (C=O) groups excluding carboxylic acids is 1. The molecule has 1 amide bonds. The van der Waals surface area contributed by atoms with Crippen LogP contribution in [-0.2, 0) is 5.41 Å². The van der Waals surface area contributed by atoms with Crippen molar-refractivity contribution in [2.45, 2.75) is 65.3 Å². The van der Waals surface area contributed by atoms with E-state index in [9.17, 15) is 9.59 Å². The lowest BCUT2D eigenvalue weighted by Crippen LogP contribution is -2.38. The van der Waals surface area contributed by atoms with E-state index in [1.807, 2.05) is 72.5 Å². The van der Waals surface area contributed by atoms with Gasteiger partial charge in [0.1, 0.15) is 5.82 Å². The standard InChI is InChI=1S/C32H36ClN3O2/c1-6-7-12-21-35(30(37)23-17-19-24(20-18-23)32(3,4)5)22(2)29-34-27-15-10-8-13-25(27)31(38)36(29)28-16-11-9-14-26(28)33/h8-11,13-20,22H,6-7,12,21H2,1-5H3. The van der Waals surface area contributed by atoms with Crippen molar-refractivity contribution in [3.05, 3.63) is 105 Å². The molecule has 5 nitrogen and oxygen atoms in total. The van der Waals surface area contributed by atoms with Gasteiger partial charge in [0.15, 0.2) is 0 Å². The van der Waals surface area contributed by atoms with Gasteiger partial charge in [-0.25, -0.2) is 4.98 Å². The number of carbonyl (C=O) groups is 1. The first kappa shape index (κ1) is 27.6. The van der Waals surface area contributed by atoms with E-state index in [4.69, 9.17) is 16.6 Å². The molecule has 38 heavy (non-hydrogen) atoms. The van der Waals surface area contributed by atoms with E-state index < -0.39 is 6.04 Å². The number of aromatic nitrogens is 2. The van der Waals surface area contributed by atoms with E-state index in [1.165, 1.54) is 5.56 Å².